The molecule has 1 heterocycles. The zero-order valence-corrected chi connectivity index (χ0v) is 19.5. The number of hydrogen-bond acceptors (Lipinski definition) is 6. The van der Waals surface area contributed by atoms with Crippen LogP contribution in [0.4, 0.5) is 10.5 Å². The van der Waals surface area contributed by atoms with Gasteiger partial charge in [0.15, 0.2) is 0 Å². The van der Waals surface area contributed by atoms with Gasteiger partial charge in [0.25, 0.3) is 5.69 Å². The number of carbonyl (C=O) groups is 1. The number of hydrogen-bond donors (Lipinski definition) is 3. The third-order valence-electron chi connectivity index (χ3n) is 5.24. The molecule has 1 aliphatic rings. The molecular formula is C21H19ClN2O7S2. The molecule has 0 radical (unpaired) electrons. The van der Waals surface area contributed by atoms with E-state index < -0.39 is 21.1 Å². The molecule has 1 aromatic heterocycles. The van der Waals surface area contributed by atoms with Crippen LogP contribution >= 0.6 is 22.9 Å². The van der Waals surface area contributed by atoms with Crippen LogP contribution in [-0.2, 0) is 15.4 Å². The summed E-state index contributed by atoms with van der Waals surface area (Å²) in [4.78, 5) is 19.7. The standard InChI is InChI=1S/C20H17ClN2O4S2.CH2O3/c1-20(14-5-3-2-4-6-14)12-18(20)22-29(26,27)19-10-9-17(28-19)13-7-8-15(21)16(11-13)23(24)25;2-1(3)4/h2-11,18,22H,12H2,1H3;(H2,2,3,4)/t18-,20+;/m0./s1. The van der Waals surface area contributed by atoms with Crippen molar-refractivity contribution in [2.45, 2.75) is 29.0 Å². The highest BCUT2D eigenvalue weighted by Gasteiger charge is 2.53. The van der Waals surface area contributed by atoms with Crippen LogP contribution < -0.4 is 4.72 Å². The molecule has 0 amide bonds. The molecule has 12 heteroatoms. The van der Waals surface area contributed by atoms with Crippen LogP contribution in [0, 0.1) is 10.1 Å². The molecule has 1 fully saturated rings. The SMILES string of the molecule is C[C@]1(c2ccccc2)C[C@@H]1NS(=O)(=O)c1ccc(-c2ccc(Cl)c([N+](=O)[O-])c2)s1.O=C(O)O. The molecule has 0 aliphatic heterocycles. The van der Waals surface area contributed by atoms with Crippen LogP contribution in [-0.4, -0.2) is 35.8 Å². The molecule has 2 aromatic carbocycles. The number of nitro benzene ring substituents is 1. The Balaban J connectivity index is 0.000000709. The Bertz CT molecular complexity index is 1290. The largest absolute Gasteiger partial charge is 0.503 e. The molecular weight excluding hydrogens is 492 g/mol. The molecule has 0 saturated heterocycles. The van der Waals surface area contributed by atoms with Crippen molar-refractivity contribution >= 4 is 44.8 Å². The van der Waals surface area contributed by atoms with Crippen molar-refractivity contribution in [2.24, 2.45) is 0 Å². The number of benzene rings is 2. The first-order chi connectivity index (χ1) is 15.4. The number of sulfonamides is 1. The monoisotopic (exact) mass is 510 g/mol. The van der Waals surface area contributed by atoms with Gasteiger partial charge in [-0.1, -0.05) is 54.9 Å². The van der Waals surface area contributed by atoms with Gasteiger partial charge in [0.2, 0.25) is 10.0 Å². The predicted octanol–water partition coefficient (Wildman–Crippen LogP) is 5.21. The van der Waals surface area contributed by atoms with Gasteiger partial charge in [-0.25, -0.2) is 17.9 Å². The molecule has 3 N–H and O–H groups in total. The first kappa shape index (κ1) is 24.6. The normalized spacial score (nSPS) is 19.3. The summed E-state index contributed by atoms with van der Waals surface area (Å²) in [5, 5.41) is 25.1. The fourth-order valence-corrected chi connectivity index (χ4v) is 6.20. The van der Waals surface area contributed by atoms with Gasteiger partial charge in [-0.15, -0.1) is 11.3 Å². The van der Waals surface area contributed by atoms with E-state index in [4.69, 9.17) is 26.6 Å². The van der Waals surface area contributed by atoms with E-state index in [1.54, 1.807) is 12.1 Å². The summed E-state index contributed by atoms with van der Waals surface area (Å²) < 4.78 is 28.7. The van der Waals surface area contributed by atoms with Crippen molar-refractivity contribution in [3.8, 4) is 10.4 Å². The van der Waals surface area contributed by atoms with E-state index in [-0.39, 0.29) is 26.4 Å². The molecule has 3 aromatic rings. The van der Waals surface area contributed by atoms with E-state index >= 15 is 0 Å². The minimum Gasteiger partial charge on any atom is -0.450 e. The number of halogens is 1. The molecule has 0 unspecified atom stereocenters. The molecule has 9 nitrogen and oxygen atoms in total. The van der Waals surface area contributed by atoms with E-state index in [9.17, 15) is 18.5 Å². The van der Waals surface area contributed by atoms with Crippen LogP contribution in [0.25, 0.3) is 10.4 Å². The average Bonchev–Trinajstić information content (AvgIpc) is 3.14. The van der Waals surface area contributed by atoms with Gasteiger partial charge in [0, 0.05) is 22.4 Å². The highest BCUT2D eigenvalue weighted by atomic mass is 35.5. The van der Waals surface area contributed by atoms with Gasteiger partial charge >= 0.3 is 6.16 Å². The summed E-state index contributed by atoms with van der Waals surface area (Å²) in [5.74, 6) is 0. The number of thiophene rings is 1. The van der Waals surface area contributed by atoms with E-state index in [1.807, 2.05) is 37.3 Å². The second-order valence-corrected chi connectivity index (χ2v) is 10.9. The van der Waals surface area contributed by atoms with Crippen LogP contribution in [0.15, 0.2) is 64.9 Å². The Hall–Kier alpha value is -2.99. The minimum absolute atomic E-state index is 0.0405. The second-order valence-electron chi connectivity index (χ2n) is 7.49. The smallest absolute Gasteiger partial charge is 0.450 e. The highest BCUT2D eigenvalue weighted by Crippen LogP contribution is 2.48. The quantitative estimate of drug-likeness (QED) is 0.304. The Morgan fingerprint density at radius 2 is 1.82 bits per heavy atom. The Morgan fingerprint density at radius 1 is 1.18 bits per heavy atom. The first-order valence-electron chi connectivity index (χ1n) is 9.48. The Kier molecular flexibility index (Phi) is 7.08. The molecule has 0 bridgehead atoms. The number of rotatable bonds is 6. The third kappa shape index (κ3) is 5.69. The maximum atomic E-state index is 12.8. The summed E-state index contributed by atoms with van der Waals surface area (Å²) in [6.07, 6.45) is -1.10. The zero-order chi connectivity index (χ0) is 24.4. The second kappa shape index (κ2) is 9.48. The van der Waals surface area contributed by atoms with Crippen LogP contribution in [0.1, 0.15) is 18.9 Å². The van der Waals surface area contributed by atoms with Gasteiger partial charge in [0.05, 0.1) is 4.92 Å². The Labute approximate surface area is 198 Å². The van der Waals surface area contributed by atoms with Crippen molar-refractivity contribution in [3.05, 3.63) is 81.4 Å². The van der Waals surface area contributed by atoms with Crippen molar-refractivity contribution in [3.63, 3.8) is 0 Å². The van der Waals surface area contributed by atoms with Crippen molar-refractivity contribution < 1.29 is 28.3 Å². The van der Waals surface area contributed by atoms with Gasteiger partial charge in [-0.3, -0.25) is 10.1 Å². The van der Waals surface area contributed by atoms with Crippen molar-refractivity contribution in [1.29, 1.82) is 0 Å². The van der Waals surface area contributed by atoms with Crippen LogP contribution in [0.3, 0.4) is 0 Å². The number of nitro groups is 1. The third-order valence-corrected chi connectivity index (χ3v) is 8.66. The lowest BCUT2D eigenvalue weighted by atomic mass is 9.98. The van der Waals surface area contributed by atoms with Gasteiger partial charge in [-0.2, -0.15) is 0 Å². The molecule has 2 atom stereocenters. The lowest BCUT2D eigenvalue weighted by Crippen LogP contribution is -2.29. The summed E-state index contributed by atoms with van der Waals surface area (Å²) in [5.41, 5.74) is 1.23. The van der Waals surface area contributed by atoms with Crippen molar-refractivity contribution in [1.82, 2.24) is 4.72 Å². The molecule has 33 heavy (non-hydrogen) atoms. The van der Waals surface area contributed by atoms with Crippen LogP contribution in [0.5, 0.6) is 0 Å². The van der Waals surface area contributed by atoms with Crippen LogP contribution in [0.2, 0.25) is 5.02 Å². The maximum absolute atomic E-state index is 12.8. The average molecular weight is 511 g/mol. The number of carboxylic acid groups (broad SMARTS) is 2. The molecule has 174 valence electrons. The maximum Gasteiger partial charge on any atom is 0.503 e. The van der Waals surface area contributed by atoms with E-state index in [1.165, 1.54) is 18.2 Å². The lowest BCUT2D eigenvalue weighted by molar-refractivity contribution is -0.384. The predicted molar refractivity (Wildman–Crippen MR) is 125 cm³/mol. The fraction of sp³-hybridized carbons (Fsp3) is 0.190. The summed E-state index contributed by atoms with van der Waals surface area (Å²) in [6, 6.07) is 17.3. The highest BCUT2D eigenvalue weighted by molar-refractivity contribution is 7.91. The number of nitrogens with one attached hydrogen (secondary N) is 1. The fourth-order valence-electron chi connectivity index (χ4n) is 3.35. The van der Waals surface area contributed by atoms with Gasteiger partial charge in [-0.05, 0) is 35.7 Å². The van der Waals surface area contributed by atoms with E-state index in [2.05, 4.69) is 4.72 Å². The van der Waals surface area contributed by atoms with Crippen molar-refractivity contribution in [2.75, 3.05) is 0 Å². The van der Waals surface area contributed by atoms with E-state index in [0.29, 0.717) is 10.4 Å². The minimum atomic E-state index is -3.69. The lowest BCUT2D eigenvalue weighted by Gasteiger charge is -2.12. The first-order valence-corrected chi connectivity index (χ1v) is 12.2. The molecule has 1 aliphatic carbocycles. The molecule has 0 spiro atoms. The van der Waals surface area contributed by atoms with E-state index in [0.717, 1.165) is 23.3 Å². The zero-order valence-electron chi connectivity index (χ0n) is 17.1. The summed E-state index contributed by atoms with van der Waals surface area (Å²) >= 11 is 6.92. The number of nitrogens with zero attached hydrogens (tertiary/aromatic N) is 1. The van der Waals surface area contributed by atoms with Gasteiger partial charge in [0.1, 0.15) is 9.23 Å². The van der Waals surface area contributed by atoms with Gasteiger partial charge < -0.3 is 10.2 Å². The summed E-state index contributed by atoms with van der Waals surface area (Å²) in [7, 11) is -3.69. The topological polar surface area (TPSA) is 147 Å². The molecule has 4 rings (SSSR count). The molecule has 1 saturated carbocycles. The Morgan fingerprint density at radius 3 is 2.42 bits per heavy atom. The summed E-state index contributed by atoms with van der Waals surface area (Å²) in [6.45, 7) is 2.04.